The predicted molar refractivity (Wildman–Crippen MR) is 170 cm³/mol. The third-order valence-electron chi connectivity index (χ3n) is 8.27. The highest BCUT2D eigenvalue weighted by Crippen LogP contribution is 2.32. The van der Waals surface area contributed by atoms with Crippen molar-refractivity contribution in [2.45, 2.75) is 69.2 Å². The maximum atomic E-state index is 15.1. The van der Waals surface area contributed by atoms with Gasteiger partial charge in [0.1, 0.15) is 24.2 Å². The summed E-state index contributed by atoms with van der Waals surface area (Å²) >= 11 is 6.14. The van der Waals surface area contributed by atoms with Crippen molar-refractivity contribution in [1.82, 2.24) is 19.9 Å². The minimum Gasteiger partial charge on any atom is -0.385 e. The number of amidine groups is 1. The number of H-pyrrole nitrogens is 1. The second-order valence-electron chi connectivity index (χ2n) is 11.6. The zero-order valence-corrected chi connectivity index (χ0v) is 25.6. The third-order valence-corrected chi connectivity index (χ3v) is 8.55. The summed E-state index contributed by atoms with van der Waals surface area (Å²) in [5.74, 6) is -0.695. The van der Waals surface area contributed by atoms with Gasteiger partial charge in [0.15, 0.2) is 5.82 Å². The molecule has 1 fully saturated rings. The van der Waals surface area contributed by atoms with Gasteiger partial charge in [-0.2, -0.15) is 18.2 Å². The maximum Gasteiger partial charge on any atom is 0.403 e. The fourth-order valence-corrected chi connectivity index (χ4v) is 6.03. The Hall–Kier alpha value is -3.81. The van der Waals surface area contributed by atoms with Gasteiger partial charge in [-0.3, -0.25) is 9.56 Å². The molecular formula is C32H35ClF5N7O. The first-order valence-corrected chi connectivity index (χ1v) is 15.4. The molecule has 8 nitrogen and oxygen atoms in total. The van der Waals surface area contributed by atoms with Crippen molar-refractivity contribution < 1.29 is 22.0 Å². The smallest absolute Gasteiger partial charge is 0.385 e. The third kappa shape index (κ3) is 7.94. The normalized spacial score (nSPS) is 18.3. The Bertz CT molecular complexity index is 1750. The van der Waals surface area contributed by atoms with Gasteiger partial charge in [0.05, 0.1) is 16.4 Å². The number of fused-ring (bicyclic) bond motifs is 1. The summed E-state index contributed by atoms with van der Waals surface area (Å²) in [6, 6.07) is 10.6. The minimum atomic E-state index is -4.48. The van der Waals surface area contributed by atoms with E-state index in [4.69, 9.17) is 23.1 Å². The van der Waals surface area contributed by atoms with Crippen LogP contribution in [0.25, 0.3) is 28.0 Å². The van der Waals surface area contributed by atoms with Gasteiger partial charge >= 0.3 is 11.9 Å². The van der Waals surface area contributed by atoms with Crippen LogP contribution >= 0.6 is 11.6 Å². The molecule has 14 heteroatoms. The molecule has 0 aliphatic carbocycles. The first-order chi connectivity index (χ1) is 21.9. The van der Waals surface area contributed by atoms with Gasteiger partial charge in [-0.25, -0.2) is 13.6 Å². The number of hydrogen-bond acceptors (Lipinski definition) is 5. The standard InChI is InChI=1S/C32H35ClF5N7O/c33-24-14-18(3-1-6-27(39)32(36,37)38)13-23(29(24)35)26-15-20-17-45(31(46)44-30(20)43-26)22-9-7-19(8-10-22)25-5-2-4-21(42-25)11-12-41-28(40)16-34/h7-10,13-15,17,21,25,27,42H,1-6,11-12,16,39H2,(H2,40,41)(H,43,44,46)/t21-,25-,27+/m0/s1. The fraction of sp³-hybridized carbons (Fsp3) is 0.406. The lowest BCUT2D eigenvalue weighted by atomic mass is 9.92. The number of piperidine rings is 1. The highest BCUT2D eigenvalue weighted by molar-refractivity contribution is 6.31. The van der Waals surface area contributed by atoms with Gasteiger partial charge in [0, 0.05) is 35.8 Å². The number of aromatic nitrogens is 3. The number of alkyl halides is 4. The summed E-state index contributed by atoms with van der Waals surface area (Å²) < 4.78 is 67.4. The maximum absolute atomic E-state index is 15.1. The molecule has 3 atom stereocenters. The monoisotopic (exact) mass is 663 g/mol. The second-order valence-corrected chi connectivity index (χ2v) is 12.0. The number of halogens is 6. The molecule has 0 unspecified atom stereocenters. The average Bonchev–Trinajstić information content (AvgIpc) is 3.44. The Morgan fingerprint density at radius 2 is 1.93 bits per heavy atom. The van der Waals surface area contributed by atoms with Crippen molar-refractivity contribution in [3.63, 3.8) is 0 Å². The lowest BCUT2D eigenvalue weighted by Gasteiger charge is -2.31. The molecule has 0 spiro atoms. The molecule has 0 saturated carbocycles. The quantitative estimate of drug-likeness (QED) is 0.0853. The molecule has 0 radical (unpaired) electrons. The van der Waals surface area contributed by atoms with Crippen LogP contribution in [-0.2, 0) is 6.42 Å². The highest BCUT2D eigenvalue weighted by Gasteiger charge is 2.35. The largest absolute Gasteiger partial charge is 0.403 e. The molecule has 2 aromatic carbocycles. The number of rotatable bonds is 11. The van der Waals surface area contributed by atoms with Crippen molar-refractivity contribution in [3.8, 4) is 16.9 Å². The van der Waals surface area contributed by atoms with Crippen molar-refractivity contribution in [2.24, 2.45) is 16.5 Å². The SMILES string of the molecule is NC(CF)=NCC[C@@H]1CCC[C@@H](c2ccc(-n3cc4cc(-c5cc(CCC[C@@H](N)C(F)(F)F)cc(Cl)c5F)[nH]c4nc3=O)cc2)N1. The van der Waals surface area contributed by atoms with Crippen LogP contribution in [0.4, 0.5) is 22.0 Å². The van der Waals surface area contributed by atoms with Gasteiger partial charge in [-0.1, -0.05) is 30.2 Å². The van der Waals surface area contributed by atoms with Gasteiger partial charge < -0.3 is 21.8 Å². The number of hydrogen-bond donors (Lipinski definition) is 4. The summed E-state index contributed by atoms with van der Waals surface area (Å²) in [7, 11) is 0. The van der Waals surface area contributed by atoms with Gasteiger partial charge in [-0.15, -0.1) is 0 Å². The van der Waals surface area contributed by atoms with E-state index in [1.807, 2.05) is 24.3 Å². The molecule has 46 heavy (non-hydrogen) atoms. The number of aliphatic imine (C=N–C) groups is 1. The van der Waals surface area contributed by atoms with Crippen LogP contribution in [0.5, 0.6) is 0 Å². The molecule has 0 amide bonds. The molecule has 1 aliphatic heterocycles. The van der Waals surface area contributed by atoms with Crippen LogP contribution in [-0.4, -0.2) is 51.9 Å². The van der Waals surface area contributed by atoms with E-state index in [0.717, 1.165) is 31.2 Å². The Labute approximate surface area is 267 Å². The molecular weight excluding hydrogens is 629 g/mol. The van der Waals surface area contributed by atoms with E-state index in [9.17, 15) is 22.4 Å². The summed E-state index contributed by atoms with van der Waals surface area (Å²) in [4.78, 5) is 24.2. The van der Waals surface area contributed by atoms with Crippen LogP contribution < -0.4 is 22.5 Å². The van der Waals surface area contributed by atoms with Crippen LogP contribution in [0.15, 0.2) is 58.4 Å². The van der Waals surface area contributed by atoms with Crippen LogP contribution in [0.2, 0.25) is 5.02 Å². The first-order valence-electron chi connectivity index (χ1n) is 15.1. The molecule has 6 N–H and O–H groups in total. The first kappa shape index (κ1) is 33.6. The van der Waals surface area contributed by atoms with E-state index < -0.39 is 30.4 Å². The number of aryl methyl sites for hydroxylation is 1. The topological polar surface area (TPSA) is 127 Å². The van der Waals surface area contributed by atoms with Crippen LogP contribution in [0.3, 0.4) is 0 Å². The van der Waals surface area contributed by atoms with E-state index in [1.54, 1.807) is 12.3 Å². The molecule has 3 heterocycles. The molecule has 1 aliphatic rings. The summed E-state index contributed by atoms with van der Waals surface area (Å²) in [6.45, 7) is -0.287. The number of nitrogens with two attached hydrogens (primary N) is 2. The molecule has 4 aromatic rings. The average molecular weight is 664 g/mol. The lowest BCUT2D eigenvalue weighted by Crippen LogP contribution is -2.37. The Balaban J connectivity index is 1.32. The van der Waals surface area contributed by atoms with E-state index in [1.165, 1.54) is 16.7 Å². The molecule has 246 valence electrons. The van der Waals surface area contributed by atoms with Gasteiger partial charge in [0.2, 0.25) is 0 Å². The molecule has 0 bridgehead atoms. The Morgan fingerprint density at radius 3 is 2.65 bits per heavy atom. The van der Waals surface area contributed by atoms with Crippen LogP contribution in [0.1, 0.15) is 55.7 Å². The van der Waals surface area contributed by atoms with Crippen molar-refractivity contribution in [3.05, 3.63) is 81.1 Å². The lowest BCUT2D eigenvalue weighted by molar-refractivity contribution is -0.149. The number of aromatic amines is 1. The van der Waals surface area contributed by atoms with Crippen molar-refractivity contribution in [2.75, 3.05) is 13.2 Å². The predicted octanol–water partition coefficient (Wildman–Crippen LogP) is 6.29. The number of nitrogens with zero attached hydrogens (tertiary/aromatic N) is 3. The minimum absolute atomic E-state index is 0.00911. The van der Waals surface area contributed by atoms with E-state index in [0.29, 0.717) is 28.9 Å². The zero-order valence-electron chi connectivity index (χ0n) is 24.9. The summed E-state index contributed by atoms with van der Waals surface area (Å²) in [6.07, 6.45) is 0.946. The highest BCUT2D eigenvalue weighted by atomic mass is 35.5. The summed E-state index contributed by atoms with van der Waals surface area (Å²) in [5.41, 5.74) is 13.0. The Morgan fingerprint density at radius 1 is 1.17 bits per heavy atom. The Kier molecular flexibility index (Phi) is 10.4. The van der Waals surface area contributed by atoms with Gasteiger partial charge in [-0.05, 0) is 80.0 Å². The van der Waals surface area contributed by atoms with Crippen molar-refractivity contribution >= 4 is 28.5 Å². The second kappa shape index (κ2) is 14.3. The fourth-order valence-electron chi connectivity index (χ4n) is 5.78. The molecule has 1 saturated heterocycles. The van der Waals surface area contributed by atoms with Gasteiger partial charge in [0.25, 0.3) is 0 Å². The van der Waals surface area contributed by atoms with Crippen LogP contribution in [0, 0.1) is 5.82 Å². The number of benzene rings is 2. The molecule has 2 aromatic heterocycles. The zero-order chi connectivity index (χ0) is 33.0. The summed E-state index contributed by atoms with van der Waals surface area (Å²) in [5, 5.41) is 4.00. The van der Waals surface area contributed by atoms with E-state index >= 15 is 4.39 Å². The molecule has 5 rings (SSSR count). The number of nitrogens with one attached hydrogen (secondary N) is 2. The van der Waals surface area contributed by atoms with Crippen molar-refractivity contribution in [1.29, 1.82) is 0 Å². The van der Waals surface area contributed by atoms with E-state index in [-0.39, 0.29) is 53.4 Å². The van der Waals surface area contributed by atoms with E-state index in [2.05, 4.69) is 20.3 Å².